The van der Waals surface area contributed by atoms with Crippen molar-refractivity contribution in [3.05, 3.63) is 35.6 Å². The monoisotopic (exact) mass is 277 g/mol. The summed E-state index contributed by atoms with van der Waals surface area (Å²) in [5.41, 5.74) is 0.899. The lowest BCUT2D eigenvalue weighted by Crippen LogP contribution is -2.34. The van der Waals surface area contributed by atoms with E-state index in [0.717, 1.165) is 18.5 Å². The van der Waals surface area contributed by atoms with E-state index in [1.54, 1.807) is 12.1 Å². The van der Waals surface area contributed by atoms with Crippen LogP contribution in [0.2, 0.25) is 0 Å². The summed E-state index contributed by atoms with van der Waals surface area (Å²) < 4.78 is 12.8. The fourth-order valence-corrected chi connectivity index (χ4v) is 2.37. The molecule has 1 aromatic rings. The van der Waals surface area contributed by atoms with E-state index < -0.39 is 0 Å². The zero-order chi connectivity index (χ0) is 14.5. The minimum Gasteiger partial charge on any atom is -0.298 e. The number of carbonyl (C=O) groups excluding carboxylic acids is 1. The number of rotatable bonds is 8. The molecule has 0 bridgehead atoms. The number of ketones is 1. The first kappa shape index (κ1) is 15.2. The Kier molecular flexibility index (Phi) is 5.30. The number of benzene rings is 1. The van der Waals surface area contributed by atoms with E-state index in [1.807, 2.05) is 0 Å². The highest BCUT2D eigenvalue weighted by Gasteiger charge is 2.29. The summed E-state index contributed by atoms with van der Waals surface area (Å²) in [5.74, 6) is 0.647. The lowest BCUT2D eigenvalue weighted by atomic mass is 10.1. The molecule has 2 nitrogen and oxygen atoms in total. The van der Waals surface area contributed by atoms with Gasteiger partial charge < -0.3 is 0 Å². The largest absolute Gasteiger partial charge is 0.298 e. The quantitative estimate of drug-likeness (QED) is 0.725. The normalized spacial score (nSPS) is 15.1. The van der Waals surface area contributed by atoms with Gasteiger partial charge in [-0.05, 0) is 49.4 Å². The maximum Gasteiger partial charge on any atom is 0.151 e. The molecule has 3 heteroatoms. The fourth-order valence-electron chi connectivity index (χ4n) is 2.37. The fraction of sp³-hybridized carbons (Fsp3) is 0.588. The SMILES string of the molecule is CC(C)CCN(CC(=O)Cc1ccc(F)cc1)C1CC1. The molecule has 0 heterocycles. The van der Waals surface area contributed by atoms with Crippen LogP contribution in [-0.2, 0) is 11.2 Å². The van der Waals surface area contributed by atoms with Gasteiger partial charge in [0.25, 0.3) is 0 Å². The summed E-state index contributed by atoms with van der Waals surface area (Å²) in [7, 11) is 0. The van der Waals surface area contributed by atoms with Crippen LogP contribution in [0.3, 0.4) is 0 Å². The third-order valence-corrected chi connectivity index (χ3v) is 3.75. The first-order valence-corrected chi connectivity index (χ1v) is 7.55. The van der Waals surface area contributed by atoms with Crippen LogP contribution in [0, 0.1) is 11.7 Å². The second-order valence-electron chi connectivity index (χ2n) is 6.23. The number of Topliss-reactive ketones (excluding diaryl/α,β-unsaturated/α-hetero) is 1. The van der Waals surface area contributed by atoms with Crippen LogP contribution in [0.15, 0.2) is 24.3 Å². The summed E-state index contributed by atoms with van der Waals surface area (Å²) in [6, 6.07) is 6.84. The molecule has 0 aromatic heterocycles. The Labute approximate surface area is 121 Å². The Morgan fingerprint density at radius 2 is 1.95 bits per heavy atom. The zero-order valence-electron chi connectivity index (χ0n) is 12.4. The van der Waals surface area contributed by atoms with Crippen molar-refractivity contribution in [3.63, 3.8) is 0 Å². The number of hydrogen-bond donors (Lipinski definition) is 0. The summed E-state index contributed by atoms with van der Waals surface area (Å²) in [5, 5.41) is 0. The van der Waals surface area contributed by atoms with Crippen LogP contribution in [0.5, 0.6) is 0 Å². The third-order valence-electron chi connectivity index (χ3n) is 3.75. The second kappa shape index (κ2) is 6.98. The van der Waals surface area contributed by atoms with E-state index in [9.17, 15) is 9.18 Å². The van der Waals surface area contributed by atoms with Gasteiger partial charge in [0.15, 0.2) is 5.78 Å². The Balaban J connectivity index is 1.83. The molecule has 0 atom stereocenters. The van der Waals surface area contributed by atoms with Crippen LogP contribution >= 0.6 is 0 Å². The van der Waals surface area contributed by atoms with Gasteiger partial charge in [0, 0.05) is 12.5 Å². The summed E-state index contributed by atoms with van der Waals surface area (Å²) in [6.07, 6.45) is 4.00. The Morgan fingerprint density at radius 3 is 2.50 bits per heavy atom. The Morgan fingerprint density at radius 1 is 1.30 bits per heavy atom. The first-order chi connectivity index (χ1) is 9.54. The molecule has 20 heavy (non-hydrogen) atoms. The van der Waals surface area contributed by atoms with Gasteiger partial charge in [0.1, 0.15) is 5.82 Å². The minimum atomic E-state index is -0.252. The average Bonchev–Trinajstić information content (AvgIpc) is 3.21. The van der Waals surface area contributed by atoms with Crippen LogP contribution in [0.4, 0.5) is 4.39 Å². The molecule has 110 valence electrons. The van der Waals surface area contributed by atoms with Crippen molar-refractivity contribution < 1.29 is 9.18 Å². The average molecular weight is 277 g/mol. The molecule has 0 N–H and O–H groups in total. The molecule has 1 saturated carbocycles. The van der Waals surface area contributed by atoms with Crippen molar-refractivity contribution in [1.29, 1.82) is 0 Å². The zero-order valence-corrected chi connectivity index (χ0v) is 12.4. The lowest BCUT2D eigenvalue weighted by Gasteiger charge is -2.22. The molecular weight excluding hydrogens is 253 g/mol. The Bertz CT molecular complexity index is 437. The highest BCUT2D eigenvalue weighted by atomic mass is 19.1. The lowest BCUT2D eigenvalue weighted by molar-refractivity contribution is -0.119. The molecule has 0 aliphatic heterocycles. The molecule has 0 amide bonds. The van der Waals surface area contributed by atoms with Gasteiger partial charge in [-0.2, -0.15) is 0 Å². The molecule has 1 aliphatic rings. The minimum absolute atomic E-state index is 0.229. The summed E-state index contributed by atoms with van der Waals surface area (Å²) >= 11 is 0. The Hall–Kier alpha value is -1.22. The molecule has 2 rings (SSSR count). The van der Waals surface area contributed by atoms with E-state index in [1.165, 1.54) is 25.0 Å². The molecule has 0 unspecified atom stereocenters. The number of halogens is 1. The van der Waals surface area contributed by atoms with E-state index in [0.29, 0.717) is 24.9 Å². The summed E-state index contributed by atoms with van der Waals surface area (Å²) in [6.45, 7) is 5.98. The van der Waals surface area contributed by atoms with Crippen molar-refractivity contribution in [2.75, 3.05) is 13.1 Å². The van der Waals surface area contributed by atoms with E-state index in [2.05, 4.69) is 18.7 Å². The van der Waals surface area contributed by atoms with Crippen molar-refractivity contribution in [2.45, 2.75) is 45.6 Å². The van der Waals surface area contributed by atoms with Crippen LogP contribution < -0.4 is 0 Å². The molecule has 0 saturated heterocycles. The molecule has 1 aliphatic carbocycles. The number of carbonyl (C=O) groups is 1. The van der Waals surface area contributed by atoms with Crippen LogP contribution in [0.1, 0.15) is 38.7 Å². The second-order valence-corrected chi connectivity index (χ2v) is 6.23. The first-order valence-electron chi connectivity index (χ1n) is 7.55. The summed E-state index contributed by atoms with van der Waals surface area (Å²) in [4.78, 5) is 14.5. The smallest absolute Gasteiger partial charge is 0.151 e. The van der Waals surface area contributed by atoms with Gasteiger partial charge >= 0.3 is 0 Å². The molecular formula is C17H24FNO. The van der Waals surface area contributed by atoms with Crippen LogP contribution in [-0.4, -0.2) is 29.8 Å². The van der Waals surface area contributed by atoms with E-state index >= 15 is 0 Å². The van der Waals surface area contributed by atoms with Crippen molar-refractivity contribution >= 4 is 5.78 Å². The predicted molar refractivity (Wildman–Crippen MR) is 79.2 cm³/mol. The molecule has 0 radical (unpaired) electrons. The molecule has 1 fully saturated rings. The standard InChI is InChI=1S/C17H24FNO/c1-13(2)9-10-19(16-7-8-16)12-17(20)11-14-3-5-15(18)6-4-14/h3-6,13,16H,7-12H2,1-2H3. The highest BCUT2D eigenvalue weighted by molar-refractivity contribution is 5.82. The van der Waals surface area contributed by atoms with Gasteiger partial charge in [-0.15, -0.1) is 0 Å². The van der Waals surface area contributed by atoms with Crippen molar-refractivity contribution in [1.82, 2.24) is 4.90 Å². The number of nitrogens with zero attached hydrogens (tertiary/aromatic N) is 1. The van der Waals surface area contributed by atoms with Crippen LogP contribution in [0.25, 0.3) is 0 Å². The third kappa shape index (κ3) is 5.04. The van der Waals surface area contributed by atoms with Gasteiger partial charge in [0.2, 0.25) is 0 Å². The predicted octanol–water partition coefficient (Wildman–Crippen LogP) is 3.45. The molecule has 1 aromatic carbocycles. The van der Waals surface area contributed by atoms with E-state index in [-0.39, 0.29) is 11.6 Å². The van der Waals surface area contributed by atoms with Crippen molar-refractivity contribution in [2.24, 2.45) is 5.92 Å². The topological polar surface area (TPSA) is 20.3 Å². The van der Waals surface area contributed by atoms with Gasteiger partial charge in [-0.25, -0.2) is 4.39 Å². The highest BCUT2D eigenvalue weighted by Crippen LogP contribution is 2.27. The maximum atomic E-state index is 12.8. The van der Waals surface area contributed by atoms with Crippen molar-refractivity contribution in [3.8, 4) is 0 Å². The molecule has 0 spiro atoms. The van der Waals surface area contributed by atoms with Gasteiger partial charge in [0.05, 0.1) is 6.54 Å². The van der Waals surface area contributed by atoms with Gasteiger partial charge in [-0.1, -0.05) is 26.0 Å². The van der Waals surface area contributed by atoms with Gasteiger partial charge in [-0.3, -0.25) is 9.69 Å². The maximum absolute atomic E-state index is 12.8. The van der Waals surface area contributed by atoms with E-state index in [4.69, 9.17) is 0 Å². The number of hydrogen-bond acceptors (Lipinski definition) is 2.